The van der Waals surface area contributed by atoms with Gasteiger partial charge in [-0.1, -0.05) is 37.3 Å². The smallest absolute Gasteiger partial charge is 0.414 e. The quantitative estimate of drug-likeness (QED) is 0.685. The Morgan fingerprint density at radius 2 is 1.87 bits per heavy atom. The molecule has 2 atom stereocenters. The standard InChI is InChI=1S/C24H30N2O5/c1-4-18-15-21(25-23(27)31-14-13-17-9-7-6-8-10-17)20-16-19(29-3)11-12-22(20)26(18)24(28)30-5-2/h6-12,16,18,21H,4-5,13-15H2,1-3H3,(H,25,27)/t18-,21+/m1/s1. The molecule has 3 rings (SSSR count). The predicted octanol–water partition coefficient (Wildman–Crippen LogP) is 4.85. The first-order valence-corrected chi connectivity index (χ1v) is 10.7. The zero-order valence-corrected chi connectivity index (χ0v) is 18.3. The van der Waals surface area contributed by atoms with E-state index < -0.39 is 6.09 Å². The van der Waals surface area contributed by atoms with Crippen LogP contribution in [0.3, 0.4) is 0 Å². The number of carbonyl (C=O) groups excluding carboxylic acids is 2. The molecule has 1 N–H and O–H groups in total. The van der Waals surface area contributed by atoms with Crippen molar-refractivity contribution in [3.63, 3.8) is 0 Å². The Morgan fingerprint density at radius 1 is 1.10 bits per heavy atom. The molecule has 166 valence electrons. The topological polar surface area (TPSA) is 77.1 Å². The largest absolute Gasteiger partial charge is 0.497 e. The second kappa shape index (κ2) is 10.7. The van der Waals surface area contributed by atoms with E-state index in [1.165, 1.54) is 0 Å². The molecule has 0 aliphatic carbocycles. The SMILES string of the molecule is CCOC(=O)N1c2ccc(OC)cc2[C@@H](NC(=O)OCCc2ccccc2)C[C@H]1CC. The van der Waals surface area contributed by atoms with Crippen LogP contribution in [0, 0.1) is 0 Å². The van der Waals surface area contributed by atoms with Crippen molar-refractivity contribution in [1.82, 2.24) is 5.32 Å². The lowest BCUT2D eigenvalue weighted by molar-refractivity contribution is 0.140. The first kappa shape index (κ1) is 22.5. The molecular weight excluding hydrogens is 396 g/mol. The summed E-state index contributed by atoms with van der Waals surface area (Å²) in [5, 5.41) is 2.97. The number of ether oxygens (including phenoxy) is 3. The molecule has 0 saturated carbocycles. The summed E-state index contributed by atoms with van der Waals surface area (Å²) in [6.45, 7) is 4.39. The minimum atomic E-state index is -0.478. The van der Waals surface area contributed by atoms with Crippen molar-refractivity contribution in [1.29, 1.82) is 0 Å². The van der Waals surface area contributed by atoms with Gasteiger partial charge in [0.15, 0.2) is 0 Å². The second-order valence-electron chi connectivity index (χ2n) is 7.36. The van der Waals surface area contributed by atoms with Gasteiger partial charge >= 0.3 is 12.2 Å². The van der Waals surface area contributed by atoms with Gasteiger partial charge in [-0.25, -0.2) is 9.59 Å². The summed E-state index contributed by atoms with van der Waals surface area (Å²) in [7, 11) is 1.59. The lowest BCUT2D eigenvalue weighted by Gasteiger charge is -2.40. The van der Waals surface area contributed by atoms with Crippen LogP contribution in [0.15, 0.2) is 48.5 Å². The lowest BCUT2D eigenvalue weighted by atomic mass is 9.90. The molecule has 0 bridgehead atoms. The number of alkyl carbamates (subject to hydrolysis) is 1. The van der Waals surface area contributed by atoms with Crippen LogP contribution in [0.4, 0.5) is 15.3 Å². The van der Waals surface area contributed by atoms with E-state index in [4.69, 9.17) is 14.2 Å². The van der Waals surface area contributed by atoms with Crippen LogP contribution in [-0.2, 0) is 15.9 Å². The van der Waals surface area contributed by atoms with Gasteiger partial charge in [0.25, 0.3) is 0 Å². The van der Waals surface area contributed by atoms with Crippen LogP contribution in [0.1, 0.15) is 43.9 Å². The number of nitrogens with zero attached hydrogens (tertiary/aromatic N) is 1. The van der Waals surface area contributed by atoms with Gasteiger partial charge in [-0.3, -0.25) is 4.90 Å². The van der Waals surface area contributed by atoms with E-state index in [0.29, 0.717) is 37.5 Å². The number of fused-ring (bicyclic) bond motifs is 1. The first-order valence-electron chi connectivity index (χ1n) is 10.7. The van der Waals surface area contributed by atoms with E-state index in [0.717, 1.165) is 17.5 Å². The maximum atomic E-state index is 12.6. The van der Waals surface area contributed by atoms with Crippen LogP contribution >= 0.6 is 0 Å². The van der Waals surface area contributed by atoms with E-state index in [9.17, 15) is 9.59 Å². The van der Waals surface area contributed by atoms with Crippen molar-refractivity contribution in [2.75, 3.05) is 25.2 Å². The summed E-state index contributed by atoms with van der Waals surface area (Å²) >= 11 is 0. The molecule has 0 aromatic heterocycles. The van der Waals surface area contributed by atoms with Gasteiger partial charge in [0, 0.05) is 18.0 Å². The van der Waals surface area contributed by atoms with Crippen LogP contribution < -0.4 is 15.0 Å². The molecule has 0 spiro atoms. The molecular formula is C24H30N2O5. The number of hydrogen-bond acceptors (Lipinski definition) is 5. The molecule has 0 saturated heterocycles. The molecule has 1 aliphatic heterocycles. The summed E-state index contributed by atoms with van der Waals surface area (Å²) in [4.78, 5) is 26.8. The molecule has 31 heavy (non-hydrogen) atoms. The highest BCUT2D eigenvalue weighted by Crippen LogP contribution is 2.40. The number of benzene rings is 2. The van der Waals surface area contributed by atoms with Crippen molar-refractivity contribution in [2.24, 2.45) is 0 Å². The number of rotatable bonds is 7. The summed E-state index contributed by atoms with van der Waals surface area (Å²) in [6, 6.07) is 15.0. The minimum Gasteiger partial charge on any atom is -0.497 e. The summed E-state index contributed by atoms with van der Waals surface area (Å²) in [5.41, 5.74) is 2.63. The number of nitrogens with one attached hydrogen (secondary N) is 1. The molecule has 7 nitrogen and oxygen atoms in total. The van der Waals surface area contributed by atoms with Crippen LogP contribution in [0.5, 0.6) is 5.75 Å². The highest BCUT2D eigenvalue weighted by atomic mass is 16.6. The highest BCUT2D eigenvalue weighted by Gasteiger charge is 2.37. The molecule has 2 amide bonds. The van der Waals surface area contributed by atoms with Gasteiger partial charge in [-0.2, -0.15) is 0 Å². The van der Waals surface area contributed by atoms with Gasteiger partial charge in [0.05, 0.1) is 32.1 Å². The number of amides is 2. The van der Waals surface area contributed by atoms with Gasteiger partial charge < -0.3 is 19.5 Å². The fraction of sp³-hybridized carbons (Fsp3) is 0.417. The molecule has 7 heteroatoms. The average Bonchev–Trinajstić information content (AvgIpc) is 2.79. The Kier molecular flexibility index (Phi) is 7.76. The third kappa shape index (κ3) is 5.48. The third-order valence-electron chi connectivity index (χ3n) is 5.44. The Balaban J connectivity index is 1.75. The maximum Gasteiger partial charge on any atom is 0.414 e. The van der Waals surface area contributed by atoms with Gasteiger partial charge in [-0.05, 0) is 43.5 Å². The van der Waals surface area contributed by atoms with Gasteiger partial charge in [0.1, 0.15) is 5.75 Å². The van der Waals surface area contributed by atoms with Crippen molar-refractivity contribution in [2.45, 2.75) is 45.2 Å². The molecule has 2 aromatic rings. The Morgan fingerprint density at radius 3 is 2.55 bits per heavy atom. The maximum absolute atomic E-state index is 12.6. The van der Waals surface area contributed by atoms with Crippen LogP contribution in [-0.4, -0.2) is 38.6 Å². The van der Waals surface area contributed by atoms with Crippen LogP contribution in [0.2, 0.25) is 0 Å². The second-order valence-corrected chi connectivity index (χ2v) is 7.36. The zero-order valence-electron chi connectivity index (χ0n) is 18.3. The lowest BCUT2D eigenvalue weighted by Crippen LogP contribution is -2.47. The van der Waals surface area contributed by atoms with Crippen LogP contribution in [0.25, 0.3) is 0 Å². The van der Waals surface area contributed by atoms with E-state index >= 15 is 0 Å². The Bertz CT molecular complexity index is 887. The van der Waals surface area contributed by atoms with Gasteiger partial charge in [0.2, 0.25) is 0 Å². The zero-order chi connectivity index (χ0) is 22.2. The Hall–Kier alpha value is -3.22. The molecule has 0 radical (unpaired) electrons. The number of methoxy groups -OCH3 is 1. The van der Waals surface area contributed by atoms with E-state index in [2.05, 4.69) is 5.32 Å². The normalized spacial score (nSPS) is 17.5. The van der Waals surface area contributed by atoms with Crippen molar-refractivity contribution < 1.29 is 23.8 Å². The number of anilines is 1. The summed E-state index contributed by atoms with van der Waals surface area (Å²) < 4.78 is 16.1. The predicted molar refractivity (Wildman–Crippen MR) is 119 cm³/mol. The van der Waals surface area contributed by atoms with Crippen molar-refractivity contribution in [3.05, 3.63) is 59.7 Å². The Labute approximate surface area is 183 Å². The number of carbonyl (C=O) groups is 2. The van der Waals surface area contributed by atoms with E-state index in [1.54, 1.807) is 25.0 Å². The van der Waals surface area contributed by atoms with Gasteiger partial charge in [-0.15, -0.1) is 0 Å². The monoisotopic (exact) mass is 426 g/mol. The summed E-state index contributed by atoms with van der Waals surface area (Å²) in [6.07, 6.45) is 1.07. The molecule has 1 heterocycles. The molecule has 0 fully saturated rings. The average molecular weight is 427 g/mol. The molecule has 2 aromatic carbocycles. The summed E-state index contributed by atoms with van der Waals surface area (Å²) in [5.74, 6) is 0.654. The first-order chi connectivity index (χ1) is 15.1. The molecule has 1 aliphatic rings. The molecule has 0 unspecified atom stereocenters. The highest BCUT2D eigenvalue weighted by molar-refractivity contribution is 5.90. The van der Waals surface area contributed by atoms with E-state index in [1.807, 2.05) is 49.4 Å². The fourth-order valence-electron chi connectivity index (χ4n) is 3.88. The van der Waals surface area contributed by atoms with Crippen molar-refractivity contribution in [3.8, 4) is 5.75 Å². The third-order valence-corrected chi connectivity index (χ3v) is 5.44. The van der Waals surface area contributed by atoms with E-state index in [-0.39, 0.29) is 18.2 Å². The number of hydrogen-bond donors (Lipinski definition) is 1. The van der Waals surface area contributed by atoms with Crippen molar-refractivity contribution >= 4 is 17.9 Å². The fourth-order valence-corrected chi connectivity index (χ4v) is 3.88. The minimum absolute atomic E-state index is 0.102.